The smallest absolute Gasteiger partial charge is 0.191 e. The second-order valence-corrected chi connectivity index (χ2v) is 8.59. The molecule has 12 heteroatoms. The van der Waals surface area contributed by atoms with Gasteiger partial charge in [0.2, 0.25) is 0 Å². The van der Waals surface area contributed by atoms with Gasteiger partial charge in [-0.3, -0.25) is 9.98 Å². The molecule has 0 amide bonds. The number of rotatable bonds is 2. The highest BCUT2D eigenvalue weighted by atomic mass is 16.5. The molecule has 212 valence electrons. The molecule has 0 unspecified atom stereocenters. The van der Waals surface area contributed by atoms with Crippen LogP contribution in [-0.2, 0) is 28.4 Å². The summed E-state index contributed by atoms with van der Waals surface area (Å²) >= 11 is 0. The van der Waals surface area contributed by atoms with Crippen LogP contribution in [0.25, 0.3) is 0 Å². The van der Waals surface area contributed by atoms with Gasteiger partial charge >= 0.3 is 0 Å². The second kappa shape index (κ2) is 23.7. The monoisotopic (exact) mass is 518 g/mol. The molecule has 1 heterocycles. The van der Waals surface area contributed by atoms with Crippen molar-refractivity contribution in [3.63, 3.8) is 0 Å². The largest absolute Gasteiger partial charge is 0.377 e. The van der Waals surface area contributed by atoms with E-state index in [4.69, 9.17) is 28.4 Å². The van der Waals surface area contributed by atoms with Crippen LogP contribution in [0.1, 0.15) is 27.7 Å². The molecule has 0 aromatic heterocycles. The van der Waals surface area contributed by atoms with Crippen molar-refractivity contribution in [2.75, 3.05) is 105 Å². The van der Waals surface area contributed by atoms with E-state index in [1.807, 2.05) is 0 Å². The molecular formula is C24H50N6O6. The fourth-order valence-electron chi connectivity index (χ4n) is 2.86. The minimum absolute atomic E-state index is 0.277. The quantitative estimate of drug-likeness (QED) is 0.396. The van der Waals surface area contributed by atoms with E-state index in [0.717, 1.165) is 11.9 Å². The average molecular weight is 519 g/mol. The lowest BCUT2D eigenvalue weighted by molar-refractivity contribution is 0.0166. The highest BCUT2D eigenvalue weighted by Gasteiger charge is 2.02. The molecule has 1 rings (SSSR count). The number of nitrogens with zero attached hydrogens (tertiary/aromatic N) is 2. The lowest BCUT2D eigenvalue weighted by Gasteiger charge is -2.15. The summed E-state index contributed by atoms with van der Waals surface area (Å²) in [6.07, 6.45) is 0. The molecule has 0 saturated carbocycles. The first-order valence-electron chi connectivity index (χ1n) is 13.1. The van der Waals surface area contributed by atoms with Gasteiger partial charge < -0.3 is 49.7 Å². The van der Waals surface area contributed by atoms with E-state index in [2.05, 4.69) is 58.9 Å². The molecule has 0 atom stereocenters. The van der Waals surface area contributed by atoms with E-state index in [1.165, 1.54) is 0 Å². The van der Waals surface area contributed by atoms with Crippen LogP contribution in [0.5, 0.6) is 0 Å². The van der Waals surface area contributed by atoms with Crippen LogP contribution in [0.2, 0.25) is 0 Å². The Morgan fingerprint density at radius 3 is 1.14 bits per heavy atom. The second-order valence-electron chi connectivity index (χ2n) is 8.59. The Morgan fingerprint density at radius 2 is 0.806 bits per heavy atom. The van der Waals surface area contributed by atoms with E-state index in [9.17, 15) is 0 Å². The third kappa shape index (κ3) is 21.6. The molecule has 0 fully saturated rings. The Morgan fingerprint density at radius 1 is 0.500 bits per heavy atom. The number of aliphatic imine (C=N–C) groups is 2. The third-order valence-corrected chi connectivity index (χ3v) is 4.43. The van der Waals surface area contributed by atoms with Crippen LogP contribution in [-0.4, -0.2) is 129 Å². The van der Waals surface area contributed by atoms with Gasteiger partial charge in [0.15, 0.2) is 11.9 Å². The average Bonchev–Trinajstić information content (AvgIpc) is 2.83. The van der Waals surface area contributed by atoms with Crippen molar-refractivity contribution in [3.05, 3.63) is 0 Å². The fraction of sp³-hybridized carbons (Fsp3) is 0.917. The van der Waals surface area contributed by atoms with Crippen molar-refractivity contribution in [2.45, 2.75) is 39.8 Å². The van der Waals surface area contributed by atoms with E-state index in [0.29, 0.717) is 105 Å². The highest BCUT2D eigenvalue weighted by molar-refractivity contribution is 5.80. The first kappa shape index (κ1) is 32.3. The van der Waals surface area contributed by atoms with Crippen molar-refractivity contribution in [1.82, 2.24) is 21.3 Å². The summed E-state index contributed by atoms with van der Waals surface area (Å²) in [5.41, 5.74) is 0. The number of hydrogen-bond donors (Lipinski definition) is 4. The first-order valence-corrected chi connectivity index (χ1v) is 13.1. The molecule has 0 bridgehead atoms. The predicted octanol–water partition coefficient (Wildman–Crippen LogP) is -0.0132. The molecule has 1 aliphatic rings. The van der Waals surface area contributed by atoms with Gasteiger partial charge in [-0.25, -0.2) is 0 Å². The van der Waals surface area contributed by atoms with E-state index < -0.39 is 0 Å². The van der Waals surface area contributed by atoms with Gasteiger partial charge in [-0.15, -0.1) is 0 Å². The summed E-state index contributed by atoms with van der Waals surface area (Å²) in [4.78, 5) is 9.09. The van der Waals surface area contributed by atoms with Crippen molar-refractivity contribution in [3.8, 4) is 0 Å². The first-order chi connectivity index (χ1) is 17.6. The highest BCUT2D eigenvalue weighted by Crippen LogP contribution is 1.87. The number of hydrogen-bond acceptors (Lipinski definition) is 12. The summed E-state index contributed by atoms with van der Waals surface area (Å²) in [7, 11) is 0. The van der Waals surface area contributed by atoms with Crippen molar-refractivity contribution < 1.29 is 28.4 Å². The van der Waals surface area contributed by atoms with Crippen molar-refractivity contribution in [2.24, 2.45) is 9.98 Å². The molecule has 0 aromatic carbocycles. The zero-order valence-corrected chi connectivity index (χ0v) is 22.8. The number of guanidine groups is 2. The van der Waals surface area contributed by atoms with Gasteiger partial charge in [0.1, 0.15) is 0 Å². The predicted molar refractivity (Wildman–Crippen MR) is 142 cm³/mol. The molecule has 0 spiro atoms. The van der Waals surface area contributed by atoms with E-state index >= 15 is 0 Å². The Balaban J connectivity index is 2.40. The summed E-state index contributed by atoms with van der Waals surface area (Å²) in [5.74, 6) is 1.50. The molecule has 0 saturated heterocycles. The minimum atomic E-state index is 0.277. The van der Waals surface area contributed by atoms with Crippen LogP contribution in [0.3, 0.4) is 0 Å². The zero-order chi connectivity index (χ0) is 26.1. The molecule has 0 aliphatic carbocycles. The fourth-order valence-corrected chi connectivity index (χ4v) is 2.86. The molecule has 0 aromatic rings. The van der Waals surface area contributed by atoms with E-state index in [-0.39, 0.29) is 12.1 Å². The molecule has 1 aliphatic heterocycles. The van der Waals surface area contributed by atoms with Gasteiger partial charge in [0.25, 0.3) is 0 Å². The summed E-state index contributed by atoms with van der Waals surface area (Å²) in [5, 5.41) is 13.2. The Kier molecular flexibility index (Phi) is 21.3. The SMILES string of the molecule is CC(C)NC1=NCCOCCOCCOCCNC(NC(C)C)=NCCOCCOCCOCCN1. The van der Waals surface area contributed by atoms with Crippen molar-refractivity contribution >= 4 is 11.9 Å². The van der Waals surface area contributed by atoms with Crippen LogP contribution in [0, 0.1) is 0 Å². The van der Waals surface area contributed by atoms with Gasteiger partial charge in [0, 0.05) is 25.2 Å². The van der Waals surface area contributed by atoms with Crippen LogP contribution < -0.4 is 21.3 Å². The van der Waals surface area contributed by atoms with Crippen LogP contribution in [0.15, 0.2) is 9.98 Å². The van der Waals surface area contributed by atoms with E-state index in [1.54, 1.807) is 0 Å². The van der Waals surface area contributed by atoms with Gasteiger partial charge in [-0.1, -0.05) is 0 Å². The lowest BCUT2D eigenvalue weighted by atomic mass is 10.4. The van der Waals surface area contributed by atoms with Crippen LogP contribution in [0.4, 0.5) is 0 Å². The maximum atomic E-state index is 5.62. The Labute approximate surface area is 217 Å². The Bertz CT molecular complexity index is 517. The standard InChI is InChI=1S/C24H50N6O6/c1-21(2)29-23-25-5-9-31-13-17-35-19-15-33-11-7-27-24(30-22(3)4)28-8-12-34-16-20-36-18-14-32-10-6-26-23/h21-22H,5-20H2,1-4H3,(H2,25,26,29)(H2,27,28,30). The van der Waals surface area contributed by atoms with Crippen molar-refractivity contribution in [1.29, 1.82) is 0 Å². The summed E-state index contributed by atoms with van der Waals surface area (Å²) in [6.45, 7) is 17.1. The molecule has 0 radical (unpaired) electrons. The molecule has 4 N–H and O–H groups in total. The van der Waals surface area contributed by atoms with Crippen LogP contribution >= 0.6 is 0 Å². The molecule has 12 nitrogen and oxygen atoms in total. The molecule has 36 heavy (non-hydrogen) atoms. The maximum Gasteiger partial charge on any atom is 0.191 e. The van der Waals surface area contributed by atoms with Gasteiger partial charge in [-0.05, 0) is 27.7 Å². The number of ether oxygens (including phenoxy) is 6. The normalized spacial score (nSPS) is 20.7. The maximum absolute atomic E-state index is 5.62. The lowest BCUT2D eigenvalue weighted by Crippen LogP contribution is -2.42. The summed E-state index contributed by atoms with van der Waals surface area (Å²) in [6, 6.07) is 0.555. The topological polar surface area (TPSA) is 128 Å². The minimum Gasteiger partial charge on any atom is -0.377 e. The third-order valence-electron chi connectivity index (χ3n) is 4.43. The Hall–Kier alpha value is -1.70. The summed E-state index contributed by atoms with van der Waals surface area (Å²) < 4.78 is 33.6. The zero-order valence-electron chi connectivity index (χ0n) is 22.8. The van der Waals surface area contributed by atoms with Gasteiger partial charge in [0.05, 0.1) is 92.4 Å². The van der Waals surface area contributed by atoms with Gasteiger partial charge in [-0.2, -0.15) is 0 Å². The molecular weight excluding hydrogens is 468 g/mol. The number of nitrogens with one attached hydrogen (secondary N) is 4.